The van der Waals surface area contributed by atoms with Gasteiger partial charge in [0.1, 0.15) is 10.6 Å². The van der Waals surface area contributed by atoms with Crippen molar-refractivity contribution in [3.05, 3.63) is 76.8 Å². The van der Waals surface area contributed by atoms with E-state index in [2.05, 4.69) is 20.7 Å². The number of nitrogens with zero attached hydrogens (tertiary/aromatic N) is 3. The maximum atomic E-state index is 13.2. The van der Waals surface area contributed by atoms with Gasteiger partial charge in [-0.2, -0.15) is 5.10 Å². The number of hydrogen-bond donors (Lipinski definition) is 2. The van der Waals surface area contributed by atoms with Gasteiger partial charge in [0.05, 0.1) is 16.3 Å². The molecule has 4 rings (SSSR count). The number of rotatable bonds is 7. The maximum absolute atomic E-state index is 13.2. The molecule has 2 N–H and O–H groups in total. The van der Waals surface area contributed by atoms with Gasteiger partial charge in [-0.3, -0.25) is 14.6 Å². The predicted molar refractivity (Wildman–Crippen MR) is 117 cm³/mol. The first kappa shape index (κ1) is 20.7. The maximum Gasteiger partial charge on any atom is 0.261 e. The van der Waals surface area contributed by atoms with Crippen LogP contribution in [0.3, 0.4) is 0 Å². The number of nitrogens with one attached hydrogen (secondary N) is 2. The lowest BCUT2D eigenvalue weighted by Gasteiger charge is -2.06. The smallest absolute Gasteiger partial charge is 0.261 e. The van der Waals surface area contributed by atoms with E-state index in [0.717, 1.165) is 27.2 Å². The van der Waals surface area contributed by atoms with Gasteiger partial charge in [-0.1, -0.05) is 0 Å². The molecule has 7 nitrogen and oxygen atoms in total. The summed E-state index contributed by atoms with van der Waals surface area (Å²) in [5.41, 5.74) is 2.47. The summed E-state index contributed by atoms with van der Waals surface area (Å²) >= 11 is 1.31. The van der Waals surface area contributed by atoms with E-state index >= 15 is 0 Å². The van der Waals surface area contributed by atoms with Crippen molar-refractivity contribution in [1.82, 2.24) is 25.4 Å². The van der Waals surface area contributed by atoms with E-state index in [9.17, 15) is 14.0 Å². The number of aromatic nitrogens is 3. The van der Waals surface area contributed by atoms with Crippen molar-refractivity contribution in [2.75, 3.05) is 6.54 Å². The monoisotopic (exact) mass is 437 g/mol. The van der Waals surface area contributed by atoms with Crippen LogP contribution in [0.4, 0.5) is 4.39 Å². The van der Waals surface area contributed by atoms with E-state index in [-0.39, 0.29) is 30.6 Å². The summed E-state index contributed by atoms with van der Waals surface area (Å²) in [7, 11) is 0. The molecule has 3 heterocycles. The van der Waals surface area contributed by atoms with Crippen LogP contribution in [0.25, 0.3) is 15.9 Å². The molecule has 9 heteroatoms. The molecule has 0 fully saturated rings. The zero-order chi connectivity index (χ0) is 21.8. The summed E-state index contributed by atoms with van der Waals surface area (Å²) in [6, 6.07) is 11.5. The minimum atomic E-state index is -0.320. The van der Waals surface area contributed by atoms with Crippen LogP contribution in [0.2, 0.25) is 0 Å². The van der Waals surface area contributed by atoms with Crippen LogP contribution >= 0.6 is 11.3 Å². The Morgan fingerprint density at radius 2 is 1.84 bits per heavy atom. The van der Waals surface area contributed by atoms with Crippen LogP contribution in [0, 0.1) is 12.7 Å². The van der Waals surface area contributed by atoms with Gasteiger partial charge >= 0.3 is 0 Å². The van der Waals surface area contributed by atoms with Crippen LogP contribution in [0.15, 0.2) is 54.9 Å². The molecule has 0 aliphatic heterocycles. The number of carbonyl (C=O) groups is 2. The highest BCUT2D eigenvalue weighted by Gasteiger charge is 2.17. The Hall–Kier alpha value is -3.59. The molecular weight excluding hydrogens is 417 g/mol. The van der Waals surface area contributed by atoms with Crippen LogP contribution in [0.5, 0.6) is 0 Å². The molecule has 31 heavy (non-hydrogen) atoms. The highest BCUT2D eigenvalue weighted by atomic mass is 32.1. The first-order valence-electron chi connectivity index (χ1n) is 9.70. The van der Waals surface area contributed by atoms with Gasteiger partial charge in [-0.25, -0.2) is 9.07 Å². The second kappa shape index (κ2) is 9.05. The number of halogens is 1. The van der Waals surface area contributed by atoms with Crippen molar-refractivity contribution in [3.63, 3.8) is 0 Å². The molecule has 0 aliphatic rings. The highest BCUT2D eigenvalue weighted by Crippen LogP contribution is 2.30. The standard InChI is InChI=1S/C22H20FN5O2S/c1-14-18-12-19(31-22(18)28(27-14)17-4-2-16(23)3-5-17)21(30)25-11-8-20(29)26-13-15-6-9-24-10-7-15/h2-7,9-10,12H,8,11,13H2,1H3,(H,25,30)(H,26,29). The lowest BCUT2D eigenvalue weighted by molar-refractivity contribution is -0.121. The third-order valence-corrected chi connectivity index (χ3v) is 5.83. The Morgan fingerprint density at radius 1 is 1.10 bits per heavy atom. The third-order valence-electron chi connectivity index (χ3n) is 4.72. The lowest BCUT2D eigenvalue weighted by atomic mass is 10.2. The van der Waals surface area contributed by atoms with Gasteiger partial charge in [0.15, 0.2) is 0 Å². The molecule has 0 unspecified atom stereocenters. The molecule has 0 saturated carbocycles. The molecule has 0 radical (unpaired) electrons. The van der Waals surface area contributed by atoms with Gasteiger partial charge in [-0.05, 0) is 55.0 Å². The summed E-state index contributed by atoms with van der Waals surface area (Å²) in [4.78, 5) is 29.8. The Kier molecular flexibility index (Phi) is 6.03. The minimum absolute atomic E-state index is 0.142. The van der Waals surface area contributed by atoms with E-state index in [1.54, 1.807) is 35.3 Å². The van der Waals surface area contributed by atoms with Crippen molar-refractivity contribution in [2.24, 2.45) is 0 Å². The number of thiophene rings is 1. The minimum Gasteiger partial charge on any atom is -0.352 e. The zero-order valence-electron chi connectivity index (χ0n) is 16.8. The summed E-state index contributed by atoms with van der Waals surface area (Å²) in [6.45, 7) is 2.52. The first-order chi connectivity index (χ1) is 15.0. The molecule has 3 aromatic heterocycles. The Morgan fingerprint density at radius 3 is 2.58 bits per heavy atom. The largest absolute Gasteiger partial charge is 0.352 e. The number of fused-ring (bicyclic) bond motifs is 1. The summed E-state index contributed by atoms with van der Waals surface area (Å²) in [6.07, 6.45) is 3.53. The van der Waals surface area contributed by atoms with Gasteiger partial charge < -0.3 is 10.6 Å². The summed E-state index contributed by atoms with van der Waals surface area (Å²) in [5, 5.41) is 11.0. The first-order valence-corrected chi connectivity index (χ1v) is 10.5. The quantitative estimate of drug-likeness (QED) is 0.464. The highest BCUT2D eigenvalue weighted by molar-refractivity contribution is 7.20. The summed E-state index contributed by atoms with van der Waals surface area (Å²) in [5.74, 6) is -0.704. The zero-order valence-corrected chi connectivity index (χ0v) is 17.6. The molecule has 0 spiro atoms. The van der Waals surface area contributed by atoms with Gasteiger partial charge in [0, 0.05) is 37.3 Å². The molecule has 158 valence electrons. The number of hydrogen-bond acceptors (Lipinski definition) is 5. The van der Waals surface area contributed by atoms with Crippen molar-refractivity contribution < 1.29 is 14.0 Å². The number of aryl methyl sites for hydroxylation is 1. The van der Waals surface area contributed by atoms with Crippen LogP contribution in [-0.2, 0) is 11.3 Å². The summed E-state index contributed by atoms with van der Waals surface area (Å²) < 4.78 is 14.9. The molecule has 1 aromatic carbocycles. The van der Waals surface area contributed by atoms with Crippen LogP contribution < -0.4 is 10.6 Å². The van der Waals surface area contributed by atoms with Gasteiger partial charge in [0.2, 0.25) is 5.91 Å². The van der Waals surface area contributed by atoms with Crippen molar-refractivity contribution in [2.45, 2.75) is 19.9 Å². The van der Waals surface area contributed by atoms with Crippen molar-refractivity contribution in [3.8, 4) is 5.69 Å². The van der Waals surface area contributed by atoms with Crippen LogP contribution in [-0.4, -0.2) is 33.1 Å². The Bertz CT molecular complexity index is 1220. The van der Waals surface area contributed by atoms with Gasteiger partial charge in [-0.15, -0.1) is 11.3 Å². The average molecular weight is 438 g/mol. The Balaban J connectivity index is 1.36. The van der Waals surface area contributed by atoms with E-state index in [1.165, 1.54) is 23.5 Å². The topological polar surface area (TPSA) is 88.9 Å². The molecule has 2 amide bonds. The normalized spacial score (nSPS) is 10.9. The molecule has 0 aliphatic carbocycles. The van der Waals surface area contributed by atoms with Crippen molar-refractivity contribution >= 4 is 33.4 Å². The van der Waals surface area contributed by atoms with E-state index < -0.39 is 0 Å². The molecular formula is C22H20FN5O2S. The van der Waals surface area contributed by atoms with Gasteiger partial charge in [0.25, 0.3) is 5.91 Å². The molecule has 0 bridgehead atoms. The molecule has 0 saturated heterocycles. The molecule has 0 atom stereocenters. The number of benzene rings is 1. The van der Waals surface area contributed by atoms with Crippen molar-refractivity contribution in [1.29, 1.82) is 0 Å². The molecule has 4 aromatic rings. The fourth-order valence-electron chi connectivity index (χ4n) is 3.08. The number of amides is 2. The van der Waals surface area contributed by atoms with E-state index in [4.69, 9.17) is 0 Å². The van der Waals surface area contributed by atoms with Crippen LogP contribution in [0.1, 0.15) is 27.3 Å². The van der Waals surface area contributed by atoms with E-state index in [0.29, 0.717) is 11.4 Å². The average Bonchev–Trinajstić information content (AvgIpc) is 3.34. The predicted octanol–water partition coefficient (Wildman–Crippen LogP) is 3.37. The SMILES string of the molecule is Cc1nn(-c2ccc(F)cc2)c2sc(C(=O)NCCC(=O)NCc3ccncc3)cc12. The lowest BCUT2D eigenvalue weighted by Crippen LogP contribution is -2.30. The second-order valence-electron chi connectivity index (χ2n) is 6.94. The fourth-order valence-corrected chi connectivity index (χ4v) is 4.18. The number of carbonyl (C=O) groups excluding carboxylic acids is 2. The third kappa shape index (κ3) is 4.77. The fraction of sp³-hybridized carbons (Fsp3) is 0.182. The van der Waals surface area contributed by atoms with E-state index in [1.807, 2.05) is 19.1 Å². The Labute approximate surface area is 181 Å². The number of pyridine rings is 1. The second-order valence-corrected chi connectivity index (χ2v) is 7.97.